The Bertz CT molecular complexity index is 1110. The molecule has 2 heterocycles. The van der Waals surface area contributed by atoms with Crippen LogP contribution in [0, 0.1) is 5.82 Å². The smallest absolute Gasteiger partial charge is 0.274 e. The van der Waals surface area contributed by atoms with Crippen LogP contribution in [-0.4, -0.2) is 57.3 Å². The molecule has 0 unspecified atom stereocenters. The maximum atomic E-state index is 13.1. The van der Waals surface area contributed by atoms with Gasteiger partial charge in [-0.2, -0.15) is 0 Å². The number of rotatable bonds is 9. The topological polar surface area (TPSA) is 121 Å². The summed E-state index contributed by atoms with van der Waals surface area (Å²) >= 11 is 5.68. The highest BCUT2D eigenvalue weighted by atomic mass is 35.5. The van der Waals surface area contributed by atoms with Crippen molar-refractivity contribution in [1.82, 2.24) is 20.2 Å². The van der Waals surface area contributed by atoms with E-state index in [9.17, 15) is 19.1 Å². The number of alkyl halides is 1. The number of pyridine rings is 2. The lowest BCUT2D eigenvalue weighted by Gasteiger charge is -2.21. The van der Waals surface area contributed by atoms with Crippen LogP contribution in [-0.2, 0) is 17.8 Å². The Hall–Kier alpha value is -3.30. The van der Waals surface area contributed by atoms with E-state index >= 15 is 0 Å². The monoisotopic (exact) mass is 459 g/mol. The average molecular weight is 460 g/mol. The highest BCUT2D eigenvalue weighted by molar-refractivity contribution is 6.27. The third-order valence-corrected chi connectivity index (χ3v) is 5.11. The minimum atomic E-state index is -0.601. The summed E-state index contributed by atoms with van der Waals surface area (Å²) in [7, 11) is 0. The van der Waals surface area contributed by atoms with E-state index in [0.717, 1.165) is 0 Å². The Balaban J connectivity index is 1.86. The molecular formula is C22H23ClFN5O3. The van der Waals surface area contributed by atoms with Crippen molar-refractivity contribution in [3.8, 4) is 5.75 Å². The van der Waals surface area contributed by atoms with Crippen LogP contribution >= 0.6 is 11.6 Å². The van der Waals surface area contributed by atoms with Crippen molar-refractivity contribution in [1.29, 1.82) is 0 Å². The SMILES string of the molecule is NCCN(CCc1nc(C(=O)NCc2ccc(F)cc2)c(O)c2ncccc12)C(=O)CCl. The summed E-state index contributed by atoms with van der Waals surface area (Å²) in [4.78, 5) is 34.9. The standard InChI is InChI=1S/C22H23ClFN5O3/c23-12-18(30)29(11-8-25)10-7-17-16-2-1-9-26-19(16)21(31)20(28-17)22(32)27-13-14-3-5-15(24)6-4-14/h1-6,9,31H,7-8,10-13,25H2,(H,27,32). The Labute approximate surface area is 189 Å². The first kappa shape index (κ1) is 23.4. The van der Waals surface area contributed by atoms with E-state index in [1.54, 1.807) is 24.3 Å². The second kappa shape index (κ2) is 10.8. The predicted molar refractivity (Wildman–Crippen MR) is 119 cm³/mol. The lowest BCUT2D eigenvalue weighted by Crippen LogP contribution is -2.37. The zero-order chi connectivity index (χ0) is 23.1. The molecule has 4 N–H and O–H groups in total. The van der Waals surface area contributed by atoms with Crippen molar-refractivity contribution in [2.45, 2.75) is 13.0 Å². The van der Waals surface area contributed by atoms with E-state index in [1.807, 2.05) is 0 Å². The van der Waals surface area contributed by atoms with Crippen molar-refractivity contribution in [2.24, 2.45) is 5.73 Å². The predicted octanol–water partition coefficient (Wildman–Crippen LogP) is 1.97. The second-order valence-corrected chi connectivity index (χ2v) is 7.28. The molecule has 1 aromatic carbocycles. The number of fused-ring (bicyclic) bond motifs is 1. The quantitative estimate of drug-likeness (QED) is 0.421. The van der Waals surface area contributed by atoms with E-state index in [2.05, 4.69) is 15.3 Å². The van der Waals surface area contributed by atoms with E-state index in [4.69, 9.17) is 17.3 Å². The Morgan fingerprint density at radius 1 is 1.19 bits per heavy atom. The average Bonchev–Trinajstić information content (AvgIpc) is 2.81. The van der Waals surface area contributed by atoms with Crippen LogP contribution in [0.2, 0.25) is 0 Å². The first-order chi connectivity index (χ1) is 15.4. The number of carbonyl (C=O) groups excluding carboxylic acids is 2. The molecular weight excluding hydrogens is 437 g/mol. The number of nitrogens with two attached hydrogens (primary N) is 1. The molecule has 0 aliphatic heterocycles. The van der Waals surface area contributed by atoms with E-state index in [-0.39, 0.29) is 47.7 Å². The van der Waals surface area contributed by atoms with Crippen LogP contribution in [0.4, 0.5) is 4.39 Å². The molecule has 168 valence electrons. The number of benzene rings is 1. The molecule has 0 spiro atoms. The molecule has 0 saturated heterocycles. The third-order valence-electron chi connectivity index (χ3n) is 4.88. The molecule has 0 bridgehead atoms. The fourth-order valence-corrected chi connectivity index (χ4v) is 3.42. The molecule has 0 fully saturated rings. The van der Waals surface area contributed by atoms with Gasteiger partial charge in [-0.3, -0.25) is 14.6 Å². The largest absolute Gasteiger partial charge is 0.504 e. The van der Waals surface area contributed by atoms with Gasteiger partial charge in [-0.25, -0.2) is 9.37 Å². The van der Waals surface area contributed by atoms with Gasteiger partial charge in [0.15, 0.2) is 11.4 Å². The number of halogens is 2. The van der Waals surface area contributed by atoms with Crippen LogP contribution in [0.3, 0.4) is 0 Å². The van der Waals surface area contributed by atoms with Gasteiger partial charge in [0.25, 0.3) is 5.91 Å². The summed E-state index contributed by atoms with van der Waals surface area (Å²) in [5.41, 5.74) is 6.83. The van der Waals surface area contributed by atoms with Gasteiger partial charge in [-0.15, -0.1) is 11.6 Å². The minimum Gasteiger partial charge on any atom is -0.504 e. The number of aromatic hydroxyl groups is 1. The van der Waals surface area contributed by atoms with Gasteiger partial charge < -0.3 is 21.1 Å². The zero-order valence-corrected chi connectivity index (χ0v) is 18.0. The molecule has 8 nitrogen and oxygen atoms in total. The Morgan fingerprint density at radius 3 is 2.62 bits per heavy atom. The molecule has 3 aromatic rings. The maximum Gasteiger partial charge on any atom is 0.274 e. The molecule has 3 rings (SSSR count). The Morgan fingerprint density at radius 2 is 1.94 bits per heavy atom. The molecule has 32 heavy (non-hydrogen) atoms. The number of carbonyl (C=O) groups is 2. The molecule has 0 saturated carbocycles. The van der Waals surface area contributed by atoms with Gasteiger partial charge >= 0.3 is 0 Å². The normalized spacial score (nSPS) is 10.8. The van der Waals surface area contributed by atoms with Crippen molar-refractivity contribution < 1.29 is 19.1 Å². The zero-order valence-electron chi connectivity index (χ0n) is 17.2. The van der Waals surface area contributed by atoms with E-state index in [1.165, 1.54) is 23.2 Å². The number of nitrogens with one attached hydrogen (secondary N) is 1. The van der Waals surface area contributed by atoms with Gasteiger partial charge in [-0.1, -0.05) is 12.1 Å². The molecule has 0 aliphatic carbocycles. The molecule has 10 heteroatoms. The minimum absolute atomic E-state index is 0.129. The molecule has 2 amide bonds. The van der Waals surface area contributed by atoms with Gasteiger partial charge in [0, 0.05) is 44.2 Å². The summed E-state index contributed by atoms with van der Waals surface area (Å²) in [6.07, 6.45) is 1.81. The van der Waals surface area contributed by atoms with Crippen LogP contribution in [0.15, 0.2) is 42.6 Å². The van der Waals surface area contributed by atoms with Crippen molar-refractivity contribution in [3.05, 3.63) is 65.4 Å². The number of hydrogen-bond donors (Lipinski definition) is 3. The van der Waals surface area contributed by atoms with Gasteiger partial charge in [0.05, 0.1) is 5.69 Å². The highest BCUT2D eigenvalue weighted by Crippen LogP contribution is 2.28. The van der Waals surface area contributed by atoms with Crippen LogP contribution in [0.25, 0.3) is 10.9 Å². The van der Waals surface area contributed by atoms with Gasteiger partial charge in [-0.05, 0) is 29.8 Å². The number of hydrogen-bond acceptors (Lipinski definition) is 6. The fraction of sp³-hybridized carbons (Fsp3) is 0.273. The maximum absolute atomic E-state index is 13.1. The first-order valence-corrected chi connectivity index (χ1v) is 10.5. The summed E-state index contributed by atoms with van der Waals surface area (Å²) < 4.78 is 13.1. The van der Waals surface area contributed by atoms with Gasteiger partial charge in [0.2, 0.25) is 5.91 Å². The lowest BCUT2D eigenvalue weighted by atomic mass is 10.1. The molecule has 0 radical (unpaired) electrons. The number of nitrogens with zero attached hydrogens (tertiary/aromatic N) is 3. The summed E-state index contributed by atoms with van der Waals surface area (Å²) in [5, 5.41) is 13.9. The first-order valence-electron chi connectivity index (χ1n) is 9.97. The van der Waals surface area contributed by atoms with Crippen LogP contribution < -0.4 is 11.1 Å². The summed E-state index contributed by atoms with van der Waals surface area (Å²) in [5.74, 6) is -1.73. The second-order valence-electron chi connectivity index (χ2n) is 7.02. The van der Waals surface area contributed by atoms with E-state index < -0.39 is 5.91 Å². The molecule has 0 atom stereocenters. The lowest BCUT2D eigenvalue weighted by molar-refractivity contribution is -0.128. The van der Waals surface area contributed by atoms with E-state index in [0.29, 0.717) is 36.2 Å². The fourth-order valence-electron chi connectivity index (χ4n) is 3.25. The molecule has 2 aromatic heterocycles. The summed E-state index contributed by atoms with van der Waals surface area (Å²) in [6.45, 7) is 1.04. The number of amides is 2. The Kier molecular flexibility index (Phi) is 7.91. The van der Waals surface area contributed by atoms with Crippen molar-refractivity contribution >= 4 is 34.3 Å². The molecule has 0 aliphatic rings. The van der Waals surface area contributed by atoms with Crippen LogP contribution in [0.5, 0.6) is 5.75 Å². The van der Waals surface area contributed by atoms with Crippen LogP contribution in [0.1, 0.15) is 21.7 Å². The third kappa shape index (κ3) is 5.49. The van der Waals surface area contributed by atoms with Gasteiger partial charge in [0.1, 0.15) is 17.2 Å². The number of aromatic nitrogens is 2. The highest BCUT2D eigenvalue weighted by Gasteiger charge is 2.21. The van der Waals surface area contributed by atoms with Crippen molar-refractivity contribution in [2.75, 3.05) is 25.5 Å². The summed E-state index contributed by atoms with van der Waals surface area (Å²) in [6, 6.07) is 9.13. The van der Waals surface area contributed by atoms with Crippen molar-refractivity contribution in [3.63, 3.8) is 0 Å².